The molecule has 20 heteroatoms. The summed E-state index contributed by atoms with van der Waals surface area (Å²) in [6.07, 6.45) is 3.19. The fourth-order valence-electron chi connectivity index (χ4n) is 6.64. The third-order valence-corrected chi connectivity index (χ3v) is 11.0. The lowest BCUT2D eigenvalue weighted by atomic mass is 10.1. The van der Waals surface area contributed by atoms with E-state index in [-0.39, 0.29) is 36.1 Å². The summed E-state index contributed by atoms with van der Waals surface area (Å²) in [4.78, 5) is 79.8. The van der Waals surface area contributed by atoms with Crippen LogP contribution in [0.5, 0.6) is 11.5 Å². The van der Waals surface area contributed by atoms with Gasteiger partial charge >= 0.3 is 11.9 Å². The number of carbonyl (C=O) groups excluding carboxylic acids is 5. The van der Waals surface area contributed by atoms with Crippen LogP contribution in [0.3, 0.4) is 0 Å². The third kappa shape index (κ3) is 15.5. The lowest BCUT2D eigenvalue weighted by Crippen LogP contribution is -2.49. The molecule has 9 N–H and O–H groups in total. The monoisotopic (exact) mass is 926 g/mol. The Labute approximate surface area is 387 Å². The van der Waals surface area contributed by atoms with Gasteiger partial charge in [0.1, 0.15) is 23.6 Å². The van der Waals surface area contributed by atoms with Crippen molar-refractivity contribution in [2.24, 2.45) is 5.73 Å². The van der Waals surface area contributed by atoms with Crippen LogP contribution >= 0.6 is 11.3 Å². The second-order valence-corrected chi connectivity index (χ2v) is 16.0. The highest BCUT2D eigenvalue weighted by Crippen LogP contribution is 2.18. The summed E-state index contributed by atoms with van der Waals surface area (Å²) in [5.74, 6) is -1.33. The molecule has 352 valence electrons. The Kier molecular flexibility index (Phi) is 19.8. The molecule has 66 heavy (non-hydrogen) atoms. The maximum Gasteiger partial charge on any atom is 0.330 e. The first kappa shape index (κ1) is 51.4. The molecule has 0 saturated heterocycles. The van der Waals surface area contributed by atoms with Crippen molar-refractivity contribution in [3.8, 4) is 11.5 Å². The van der Waals surface area contributed by atoms with Gasteiger partial charge in [-0.3, -0.25) is 14.4 Å². The van der Waals surface area contributed by atoms with Crippen molar-refractivity contribution in [1.29, 1.82) is 0 Å². The molecule has 0 aliphatic rings. The highest BCUT2D eigenvalue weighted by molar-refractivity contribution is 7.12. The number of carbonyl (C=O) groups is 5. The zero-order valence-corrected chi connectivity index (χ0v) is 38.9. The van der Waals surface area contributed by atoms with Gasteiger partial charge in [0.15, 0.2) is 0 Å². The molecule has 0 saturated carbocycles. The SMILES string of the molecule is COC(=O)[C@H](CN)NC(=O)c1c(C)nc(NCCCc2cccc(O)c2)nc1C.COC(=O)[C@H](CNC(=O)c1cc(C)cs1)NC(=O)c1c(C)nc(NCCCc2cccc(O)c2)nc1C. The van der Waals surface area contributed by atoms with E-state index in [1.165, 1.54) is 25.6 Å². The Balaban J connectivity index is 0.000000297. The molecule has 0 unspecified atom stereocenters. The number of phenolic OH excluding ortho intramolecular Hbond substituents is 2. The normalized spacial score (nSPS) is 11.5. The lowest BCUT2D eigenvalue weighted by Gasteiger charge is -2.18. The van der Waals surface area contributed by atoms with Gasteiger partial charge in [-0.2, -0.15) is 0 Å². The number of nitrogens with one attached hydrogen (secondary N) is 5. The molecule has 5 rings (SSSR count). The Hall–Kier alpha value is -7.19. The van der Waals surface area contributed by atoms with E-state index >= 15 is 0 Å². The van der Waals surface area contributed by atoms with Crippen molar-refractivity contribution >= 4 is 52.9 Å². The number of aromatic hydroxyl groups is 2. The number of ether oxygens (including phenoxy) is 2. The van der Waals surface area contributed by atoms with Gasteiger partial charge in [-0.1, -0.05) is 24.3 Å². The second kappa shape index (κ2) is 25.3. The number of phenols is 2. The van der Waals surface area contributed by atoms with E-state index < -0.39 is 35.8 Å². The third-order valence-electron chi connectivity index (χ3n) is 9.91. The molecule has 0 fully saturated rings. The number of esters is 2. The van der Waals surface area contributed by atoms with Gasteiger partial charge in [0.25, 0.3) is 17.7 Å². The molecule has 0 spiro atoms. The van der Waals surface area contributed by atoms with Crippen LogP contribution < -0.4 is 32.3 Å². The van der Waals surface area contributed by atoms with E-state index in [2.05, 4.69) is 51.3 Å². The number of aromatic nitrogens is 4. The van der Waals surface area contributed by atoms with Crippen molar-refractivity contribution in [3.05, 3.63) is 115 Å². The zero-order chi connectivity index (χ0) is 48.3. The van der Waals surface area contributed by atoms with Crippen molar-refractivity contribution < 1.29 is 43.7 Å². The van der Waals surface area contributed by atoms with E-state index in [0.29, 0.717) is 58.2 Å². The van der Waals surface area contributed by atoms with E-state index in [9.17, 15) is 34.2 Å². The number of aryl methyl sites for hydroxylation is 7. The molecule has 0 aliphatic heterocycles. The highest BCUT2D eigenvalue weighted by atomic mass is 32.1. The van der Waals surface area contributed by atoms with Crippen molar-refractivity contribution in [3.63, 3.8) is 0 Å². The molecule has 19 nitrogen and oxygen atoms in total. The van der Waals surface area contributed by atoms with Crippen LogP contribution in [0.1, 0.15) is 82.7 Å². The summed E-state index contributed by atoms with van der Waals surface area (Å²) in [5, 5.41) is 35.1. The molecular formula is C46H58N10O9S. The molecule has 3 amide bonds. The van der Waals surface area contributed by atoms with Gasteiger partial charge < -0.3 is 52.0 Å². The predicted molar refractivity (Wildman–Crippen MR) is 250 cm³/mol. The Morgan fingerprint density at radius 1 is 0.652 bits per heavy atom. The number of nitrogens with two attached hydrogens (primary N) is 1. The van der Waals surface area contributed by atoms with E-state index in [1.807, 2.05) is 30.5 Å². The number of rotatable bonds is 20. The number of hydrogen-bond donors (Lipinski definition) is 8. The van der Waals surface area contributed by atoms with E-state index in [0.717, 1.165) is 42.4 Å². The fraction of sp³-hybridized carbons (Fsp3) is 0.370. The molecule has 0 aliphatic carbocycles. The maximum absolute atomic E-state index is 13.0. The van der Waals surface area contributed by atoms with E-state index in [1.54, 1.807) is 64.1 Å². The Morgan fingerprint density at radius 2 is 1.09 bits per heavy atom. The summed E-state index contributed by atoms with van der Waals surface area (Å²) in [5.41, 5.74) is 11.0. The van der Waals surface area contributed by atoms with Crippen LogP contribution in [0.15, 0.2) is 60.0 Å². The smallest absolute Gasteiger partial charge is 0.330 e. The van der Waals surface area contributed by atoms with Crippen LogP contribution in [-0.2, 0) is 31.9 Å². The van der Waals surface area contributed by atoms with Crippen molar-refractivity contribution in [1.82, 2.24) is 35.9 Å². The Bertz CT molecular complexity index is 2430. The first-order chi connectivity index (χ1) is 31.5. The quantitative estimate of drug-likeness (QED) is 0.0405. The lowest BCUT2D eigenvalue weighted by molar-refractivity contribution is -0.143. The largest absolute Gasteiger partial charge is 0.508 e. The minimum atomic E-state index is -1.09. The molecule has 5 aromatic rings. The van der Waals surface area contributed by atoms with Crippen LogP contribution in [-0.4, -0.2) is 112 Å². The number of anilines is 2. The van der Waals surface area contributed by atoms with Gasteiger partial charge in [0.05, 0.1) is 53.0 Å². The van der Waals surface area contributed by atoms with Gasteiger partial charge in [-0.05, 0) is 113 Å². The number of methoxy groups -OCH3 is 2. The first-order valence-electron chi connectivity index (χ1n) is 21.1. The molecule has 0 bridgehead atoms. The standard InChI is InChI=1S/C26H31N5O5S.C20H27N5O4/c1-15-11-21(37-14-15)23(33)28-13-20(25(35)36-4)31-24(34)22-16(2)29-26(30-17(22)3)27-10-6-8-18-7-5-9-19(32)12-18;1-12-17(18(27)25-16(11-21)19(28)29-3)13(2)24-20(23-12)22-9-5-7-14-6-4-8-15(26)10-14/h5,7,9,11-12,14,20,32H,6,8,10,13H2,1-4H3,(H,28,33)(H,31,34)(H,27,29,30);4,6,8,10,16,26H,5,7,9,11,21H2,1-3H3,(H,25,27)(H,22,23,24)/t20-;16-/m00/s1. The second-order valence-electron chi connectivity index (χ2n) is 15.1. The summed E-state index contributed by atoms with van der Waals surface area (Å²) >= 11 is 1.30. The van der Waals surface area contributed by atoms with Gasteiger partial charge in [0, 0.05) is 26.2 Å². The first-order valence-corrected chi connectivity index (χ1v) is 22.0. The minimum absolute atomic E-state index is 0.0732. The summed E-state index contributed by atoms with van der Waals surface area (Å²) in [6, 6.07) is 14.0. The van der Waals surface area contributed by atoms with Crippen molar-refractivity contribution in [2.75, 3.05) is 51.0 Å². The predicted octanol–water partition coefficient (Wildman–Crippen LogP) is 3.99. The van der Waals surface area contributed by atoms with Crippen molar-refractivity contribution in [2.45, 2.75) is 72.4 Å². The molecular weight excluding hydrogens is 869 g/mol. The van der Waals surface area contributed by atoms with Crippen LogP contribution in [0.25, 0.3) is 0 Å². The van der Waals surface area contributed by atoms with Crippen LogP contribution in [0.4, 0.5) is 11.9 Å². The van der Waals surface area contributed by atoms with Gasteiger partial charge in [0.2, 0.25) is 11.9 Å². The molecule has 2 aromatic carbocycles. The van der Waals surface area contributed by atoms with E-state index in [4.69, 9.17) is 10.5 Å². The molecule has 0 radical (unpaired) electrons. The Morgan fingerprint density at radius 3 is 1.48 bits per heavy atom. The maximum atomic E-state index is 13.0. The molecule has 3 heterocycles. The van der Waals surface area contributed by atoms with Crippen LogP contribution in [0, 0.1) is 34.6 Å². The number of hydrogen-bond acceptors (Lipinski definition) is 17. The minimum Gasteiger partial charge on any atom is -0.508 e. The number of benzene rings is 2. The van der Waals surface area contributed by atoms with Gasteiger partial charge in [-0.25, -0.2) is 29.5 Å². The number of amides is 3. The number of thiophene rings is 1. The summed E-state index contributed by atoms with van der Waals surface area (Å²) in [7, 11) is 2.45. The average Bonchev–Trinajstić information content (AvgIpc) is 3.72. The molecule has 2 atom stereocenters. The topological polar surface area (TPSA) is 282 Å². The van der Waals surface area contributed by atoms with Gasteiger partial charge in [-0.15, -0.1) is 11.3 Å². The average molecular weight is 927 g/mol. The zero-order valence-electron chi connectivity index (χ0n) is 38.1. The number of nitrogens with zero attached hydrogens (tertiary/aromatic N) is 4. The summed E-state index contributed by atoms with van der Waals surface area (Å²) < 4.78 is 9.43. The summed E-state index contributed by atoms with van der Waals surface area (Å²) in [6.45, 7) is 9.71. The highest BCUT2D eigenvalue weighted by Gasteiger charge is 2.27. The van der Waals surface area contributed by atoms with Crippen LogP contribution in [0.2, 0.25) is 0 Å². The molecule has 3 aromatic heterocycles. The fourth-order valence-corrected chi connectivity index (χ4v) is 7.46.